The van der Waals surface area contributed by atoms with E-state index in [1.54, 1.807) is 6.07 Å². The molecule has 2 aliphatic rings. The van der Waals surface area contributed by atoms with E-state index in [0.717, 1.165) is 37.9 Å². The summed E-state index contributed by atoms with van der Waals surface area (Å²) < 4.78 is 0. The van der Waals surface area contributed by atoms with E-state index in [4.69, 9.17) is 11.6 Å². The lowest BCUT2D eigenvalue weighted by atomic mass is 10.1. The monoisotopic (exact) mass is 261 g/mol. The van der Waals surface area contributed by atoms with Crippen LogP contribution < -0.4 is 4.90 Å². The average molecular weight is 262 g/mol. The van der Waals surface area contributed by atoms with Crippen molar-refractivity contribution in [3.8, 4) is 6.07 Å². The van der Waals surface area contributed by atoms with E-state index >= 15 is 0 Å². The van der Waals surface area contributed by atoms with Crippen LogP contribution in [0.15, 0.2) is 18.2 Å². The zero-order chi connectivity index (χ0) is 12.5. The molecule has 18 heavy (non-hydrogen) atoms. The molecule has 0 amide bonds. The lowest BCUT2D eigenvalue weighted by Gasteiger charge is -2.36. The van der Waals surface area contributed by atoms with Gasteiger partial charge in [-0.15, -0.1) is 0 Å². The van der Waals surface area contributed by atoms with Crippen molar-refractivity contribution in [2.75, 3.05) is 31.1 Å². The molecule has 0 atom stereocenters. The van der Waals surface area contributed by atoms with Gasteiger partial charge in [-0.1, -0.05) is 11.6 Å². The third-order valence-electron chi connectivity index (χ3n) is 3.80. The molecule has 0 radical (unpaired) electrons. The number of hydrogen-bond acceptors (Lipinski definition) is 3. The first-order valence-electron chi connectivity index (χ1n) is 6.46. The van der Waals surface area contributed by atoms with E-state index in [1.165, 1.54) is 12.8 Å². The molecule has 1 aliphatic carbocycles. The number of halogens is 1. The average Bonchev–Trinajstić information content (AvgIpc) is 3.23. The van der Waals surface area contributed by atoms with Gasteiger partial charge in [0.1, 0.15) is 6.07 Å². The summed E-state index contributed by atoms with van der Waals surface area (Å²) in [5.41, 5.74) is 1.71. The van der Waals surface area contributed by atoms with Gasteiger partial charge in [-0.25, -0.2) is 0 Å². The third-order valence-corrected chi connectivity index (χ3v) is 4.03. The Hall–Kier alpha value is -1.24. The number of rotatable bonds is 2. The Kier molecular flexibility index (Phi) is 3.15. The highest BCUT2D eigenvalue weighted by atomic mass is 35.5. The first-order valence-corrected chi connectivity index (χ1v) is 6.84. The van der Waals surface area contributed by atoms with Gasteiger partial charge in [-0.3, -0.25) is 4.90 Å². The van der Waals surface area contributed by atoms with Crippen molar-refractivity contribution >= 4 is 17.3 Å². The molecule has 1 aromatic rings. The molecule has 1 saturated heterocycles. The van der Waals surface area contributed by atoms with E-state index in [0.29, 0.717) is 10.6 Å². The van der Waals surface area contributed by atoms with Crippen LogP contribution in [-0.4, -0.2) is 37.1 Å². The molecule has 0 aromatic heterocycles. The lowest BCUT2D eigenvalue weighted by Crippen LogP contribution is -2.47. The van der Waals surface area contributed by atoms with Gasteiger partial charge in [0.15, 0.2) is 0 Å². The lowest BCUT2D eigenvalue weighted by molar-refractivity contribution is 0.248. The summed E-state index contributed by atoms with van der Waals surface area (Å²) in [6.45, 7) is 4.23. The van der Waals surface area contributed by atoms with E-state index in [9.17, 15) is 5.26 Å². The molecular weight excluding hydrogens is 246 g/mol. The van der Waals surface area contributed by atoms with Crippen molar-refractivity contribution in [2.24, 2.45) is 0 Å². The quantitative estimate of drug-likeness (QED) is 0.819. The molecule has 1 heterocycles. The number of nitrogens with zero attached hydrogens (tertiary/aromatic N) is 3. The van der Waals surface area contributed by atoms with Gasteiger partial charge in [0.05, 0.1) is 11.3 Å². The normalized spacial score (nSPS) is 20.8. The van der Waals surface area contributed by atoms with Crippen molar-refractivity contribution in [1.29, 1.82) is 5.26 Å². The smallest absolute Gasteiger partial charge is 0.101 e. The Balaban J connectivity index is 1.74. The largest absolute Gasteiger partial charge is 0.368 e. The summed E-state index contributed by atoms with van der Waals surface area (Å²) in [7, 11) is 0. The second kappa shape index (κ2) is 4.79. The van der Waals surface area contributed by atoms with E-state index in [-0.39, 0.29) is 0 Å². The zero-order valence-electron chi connectivity index (χ0n) is 10.3. The van der Waals surface area contributed by atoms with Gasteiger partial charge in [0.25, 0.3) is 0 Å². The highest BCUT2D eigenvalue weighted by Gasteiger charge is 2.31. The summed E-state index contributed by atoms with van der Waals surface area (Å²) in [6.07, 6.45) is 2.73. The molecule has 3 rings (SSSR count). The van der Waals surface area contributed by atoms with Crippen molar-refractivity contribution < 1.29 is 0 Å². The summed E-state index contributed by atoms with van der Waals surface area (Å²) in [5, 5.41) is 9.81. The minimum Gasteiger partial charge on any atom is -0.368 e. The molecule has 3 nitrogen and oxygen atoms in total. The molecule has 2 fully saturated rings. The Morgan fingerprint density at radius 1 is 1.17 bits per heavy atom. The van der Waals surface area contributed by atoms with Crippen molar-refractivity contribution in [3.05, 3.63) is 28.8 Å². The Labute approximate surface area is 113 Å². The van der Waals surface area contributed by atoms with Crippen LogP contribution in [0.3, 0.4) is 0 Å². The number of piperazine rings is 1. The fourth-order valence-electron chi connectivity index (χ4n) is 2.64. The fourth-order valence-corrected chi connectivity index (χ4v) is 2.81. The van der Waals surface area contributed by atoms with E-state index < -0.39 is 0 Å². The van der Waals surface area contributed by atoms with Crippen LogP contribution in [0.5, 0.6) is 0 Å². The van der Waals surface area contributed by atoms with Crippen LogP contribution in [-0.2, 0) is 0 Å². The van der Waals surface area contributed by atoms with Crippen LogP contribution in [0.4, 0.5) is 5.69 Å². The molecule has 1 aliphatic heterocycles. The molecule has 4 heteroatoms. The number of hydrogen-bond donors (Lipinski definition) is 0. The van der Waals surface area contributed by atoms with Crippen molar-refractivity contribution in [1.82, 2.24) is 4.90 Å². The van der Waals surface area contributed by atoms with Gasteiger partial charge >= 0.3 is 0 Å². The summed E-state index contributed by atoms with van der Waals surface area (Å²) in [4.78, 5) is 4.87. The van der Waals surface area contributed by atoms with Crippen LogP contribution in [0.25, 0.3) is 0 Å². The summed E-state index contributed by atoms with van der Waals surface area (Å²) in [6, 6.07) is 8.67. The van der Waals surface area contributed by atoms with Gasteiger partial charge < -0.3 is 4.90 Å². The Morgan fingerprint density at radius 3 is 2.50 bits per heavy atom. The molecule has 0 spiro atoms. The summed E-state index contributed by atoms with van der Waals surface area (Å²) >= 11 is 5.93. The van der Waals surface area contributed by atoms with Gasteiger partial charge in [0.2, 0.25) is 0 Å². The Morgan fingerprint density at radius 2 is 1.89 bits per heavy atom. The number of anilines is 1. The van der Waals surface area contributed by atoms with Crippen LogP contribution in [0, 0.1) is 11.3 Å². The maximum atomic E-state index is 9.18. The molecule has 0 bridgehead atoms. The van der Waals surface area contributed by atoms with Gasteiger partial charge in [0, 0.05) is 37.2 Å². The number of benzene rings is 1. The highest BCUT2D eigenvalue weighted by Crippen LogP contribution is 2.30. The minimum atomic E-state index is 0.631. The Bertz CT molecular complexity index is 482. The summed E-state index contributed by atoms with van der Waals surface area (Å²) in [5.74, 6) is 0. The molecule has 0 N–H and O–H groups in total. The van der Waals surface area contributed by atoms with Crippen LogP contribution in [0.1, 0.15) is 18.4 Å². The first-order chi connectivity index (χ1) is 8.78. The molecule has 1 aromatic carbocycles. The molecule has 1 saturated carbocycles. The predicted octanol–water partition coefficient (Wildman–Crippen LogP) is 2.50. The molecular formula is C14H16ClN3. The molecule has 0 unspecified atom stereocenters. The molecule has 94 valence electrons. The number of nitriles is 1. The SMILES string of the molecule is N#Cc1cc(Cl)ccc1N1CCN(C2CC2)CC1. The predicted molar refractivity (Wildman–Crippen MR) is 73.0 cm³/mol. The highest BCUT2D eigenvalue weighted by molar-refractivity contribution is 6.30. The van der Waals surface area contributed by atoms with E-state index in [1.807, 2.05) is 12.1 Å². The van der Waals surface area contributed by atoms with Gasteiger partial charge in [-0.05, 0) is 31.0 Å². The zero-order valence-corrected chi connectivity index (χ0v) is 11.0. The van der Waals surface area contributed by atoms with Crippen molar-refractivity contribution in [3.63, 3.8) is 0 Å². The topological polar surface area (TPSA) is 30.3 Å². The standard InChI is InChI=1S/C14H16ClN3/c15-12-1-4-14(11(9-12)10-16)18-7-5-17(6-8-18)13-2-3-13/h1,4,9,13H,2-3,5-8H2. The maximum Gasteiger partial charge on any atom is 0.101 e. The van der Waals surface area contributed by atoms with E-state index in [2.05, 4.69) is 15.9 Å². The third kappa shape index (κ3) is 2.31. The first kappa shape index (κ1) is 11.8. The van der Waals surface area contributed by atoms with Crippen molar-refractivity contribution in [2.45, 2.75) is 18.9 Å². The van der Waals surface area contributed by atoms with Crippen LogP contribution >= 0.6 is 11.6 Å². The second-order valence-electron chi connectivity index (χ2n) is 5.03. The maximum absolute atomic E-state index is 9.18. The second-order valence-corrected chi connectivity index (χ2v) is 5.46. The van der Waals surface area contributed by atoms with Crippen LogP contribution in [0.2, 0.25) is 5.02 Å². The minimum absolute atomic E-state index is 0.631. The fraction of sp³-hybridized carbons (Fsp3) is 0.500. The van der Waals surface area contributed by atoms with Gasteiger partial charge in [-0.2, -0.15) is 5.26 Å².